The van der Waals surface area contributed by atoms with Crippen molar-refractivity contribution in [3.63, 3.8) is 0 Å². The van der Waals surface area contributed by atoms with Crippen LogP contribution in [0.25, 0.3) is 22.0 Å². The number of aliphatic hydroxyl groups excluding tert-OH is 6. The van der Waals surface area contributed by atoms with E-state index in [1.807, 2.05) is 38.1 Å². The lowest BCUT2D eigenvalue weighted by atomic mass is 9.86. The maximum Gasteiger partial charge on any atom is 0.253 e. The van der Waals surface area contributed by atoms with E-state index in [9.17, 15) is 65.1 Å². The summed E-state index contributed by atoms with van der Waals surface area (Å²) in [5.41, 5.74) is 16.1. The van der Waals surface area contributed by atoms with Crippen LogP contribution in [-0.4, -0.2) is 248 Å². The van der Waals surface area contributed by atoms with Crippen LogP contribution < -0.4 is 79.3 Å². The van der Waals surface area contributed by atoms with Crippen LogP contribution in [0.4, 0.5) is 0 Å². The molecule has 0 saturated carbocycles. The number of phenolic OH excluding ortho intramolecular Hbond substituents is 3. The molecule has 10 heterocycles. The van der Waals surface area contributed by atoms with Gasteiger partial charge in [0.2, 0.25) is 71.1 Å². The van der Waals surface area contributed by atoms with Gasteiger partial charge in [0.1, 0.15) is 114 Å². The van der Waals surface area contributed by atoms with Gasteiger partial charge >= 0.3 is 0 Å². The summed E-state index contributed by atoms with van der Waals surface area (Å²) in [6.45, 7) is 5.59. The maximum absolute atomic E-state index is 16.6. The van der Waals surface area contributed by atoms with E-state index >= 15 is 33.6 Å². The highest BCUT2D eigenvalue weighted by Gasteiger charge is 2.50. The van der Waals surface area contributed by atoms with Gasteiger partial charge in [0.25, 0.3) is 5.91 Å². The number of nitrogens with zero attached hydrogens (tertiary/aromatic N) is 2. The van der Waals surface area contributed by atoms with E-state index in [1.54, 1.807) is 6.20 Å². The Morgan fingerprint density at radius 3 is 2.05 bits per heavy atom. The summed E-state index contributed by atoms with van der Waals surface area (Å²) >= 11 is 14.5. The second-order valence-corrected chi connectivity index (χ2v) is 34.7. The number of benzene rings is 6. The fourth-order valence-electron chi connectivity index (χ4n) is 17.0. The largest absolute Gasteiger partial charge is 0.508 e. The number of H-pyrrole nitrogens is 2. The minimum Gasteiger partial charge on any atom is -0.508 e. The van der Waals surface area contributed by atoms with Crippen molar-refractivity contribution < 1.29 is 127 Å². The number of hydrogen-bond donors (Lipinski definition) is 23. The number of ether oxygens (including phenoxy) is 6. The van der Waals surface area contributed by atoms with Crippen LogP contribution >= 0.6 is 23.2 Å². The van der Waals surface area contributed by atoms with Crippen molar-refractivity contribution in [1.29, 1.82) is 0 Å². The number of carbonyl (C=O) groups excluding carboxylic acids is 11. The summed E-state index contributed by atoms with van der Waals surface area (Å²) in [5.74, 6) is -19.3. The maximum atomic E-state index is 16.6. The van der Waals surface area contributed by atoms with Gasteiger partial charge in [-0.15, -0.1) is 0 Å². The van der Waals surface area contributed by atoms with E-state index in [0.717, 1.165) is 83.2 Å². The Balaban J connectivity index is 0.930. The number of para-hydroxylation sites is 1. The summed E-state index contributed by atoms with van der Waals surface area (Å²) in [6.07, 6.45) is -15.5. The van der Waals surface area contributed by atoms with Crippen LogP contribution in [0.3, 0.4) is 0 Å². The number of rotatable bonds is 21. The van der Waals surface area contributed by atoms with Gasteiger partial charge < -0.3 is 149 Å². The number of imide groups is 1. The van der Waals surface area contributed by atoms with Gasteiger partial charge in [0.15, 0.2) is 17.8 Å². The minimum atomic E-state index is -2.44. The van der Waals surface area contributed by atoms with Crippen molar-refractivity contribution >= 4 is 99.1 Å². The van der Waals surface area contributed by atoms with Crippen molar-refractivity contribution in [3.05, 3.63) is 171 Å². The topological polar surface area (TPSA) is 659 Å². The van der Waals surface area contributed by atoms with Crippen molar-refractivity contribution in [2.75, 3.05) is 20.2 Å². The van der Waals surface area contributed by atoms with Crippen molar-refractivity contribution in [1.82, 2.24) is 67.7 Å². The number of fused-ring (bicyclic) bond motifs is 16. The Morgan fingerprint density at radius 1 is 0.712 bits per heavy atom. The zero-order valence-electron chi connectivity index (χ0n) is 71.4. The fraction of sp³-hybridized carbons (Fsp3) is 0.409. The number of amides is 11. The molecule has 11 bridgehead atoms. The van der Waals surface area contributed by atoms with E-state index in [1.165, 1.54) is 50.5 Å². The molecule has 8 aromatic rings. The number of aromatic hydroxyl groups is 3. The standard InChI is InChI=1S/C88H100Cl2N16O26/c1-35(2)19-51(94-5)77(117)103-68-70(112)38-13-16-57(47(89)21-38)128-59-24-40-25-60(75(59)132-87-73(115)72(114)71(113)61(33-107)130-87)129-58-17-14-39(22-48(58)90)74(131-63-30-88(4,93)76(116)36(3)127-63)69-85(125)102-67(83(123)105-79(119)52(26-42-32-95-34-97-42)98-80(120)54-11-8-18-106(54)86(126)49(91)23-41-31-96-50-10-7-6-9-44(41)50)46-27-43(108)28-56(110)64(46)45-20-37(12-15-55(45)109)65(81(121)104-69)101-82(122)66(40)100-78(118)53(29-62(92)111)99-84(68)124/h6-7,9-10,12-17,20-22,24-25,27-28,31-32,34-36,49,51-54,61,63,65-74,76,87,94,96,107-110,112-116H,8,11,18-19,23,26,29-30,33,91,93H2,1-5H3,(H2,92,111)(H,95,97)(H,98,120)(H,99,124)(H,100,118)(H,101,122)(H,102,125)(H,103,117)(H,104,121)(H,105,119,123)/t36-,49-,51+,52-,53-,54-,61+,63-,65+,66+,67+,68+,69-,70+,71+,72-,73+,74+,76-,87?,88-/m0/s1. The van der Waals surface area contributed by atoms with E-state index in [-0.39, 0.29) is 54.3 Å². The number of likely N-dealkylation sites (N-methyl/N-ethyl adjacent to an activating group) is 1. The second-order valence-electron chi connectivity index (χ2n) is 33.9. The summed E-state index contributed by atoms with van der Waals surface area (Å²) < 4.78 is 38.7. The van der Waals surface area contributed by atoms with Gasteiger partial charge in [-0.05, 0) is 147 Å². The van der Waals surface area contributed by atoms with Crippen LogP contribution in [0, 0.1) is 5.92 Å². The van der Waals surface area contributed by atoms with E-state index < -0.39 is 296 Å². The molecule has 132 heavy (non-hydrogen) atoms. The molecule has 1 unspecified atom stereocenters. The van der Waals surface area contributed by atoms with Gasteiger partial charge in [0.05, 0.1) is 59.4 Å². The molecule has 0 spiro atoms. The Morgan fingerprint density at radius 2 is 1.39 bits per heavy atom. The van der Waals surface area contributed by atoms with Crippen molar-refractivity contribution in [3.8, 4) is 57.1 Å². The van der Waals surface area contributed by atoms with Crippen molar-refractivity contribution in [2.24, 2.45) is 23.1 Å². The Kier molecular flexibility index (Phi) is 28.8. The monoisotopic (exact) mass is 1870 g/mol. The number of halogens is 2. The summed E-state index contributed by atoms with van der Waals surface area (Å²) in [5, 5.41) is 127. The molecule has 42 nitrogen and oxygen atoms in total. The predicted molar refractivity (Wildman–Crippen MR) is 464 cm³/mol. The zero-order valence-corrected chi connectivity index (χ0v) is 72.9. The minimum absolute atomic E-state index is 0.0709. The van der Waals surface area contributed by atoms with Gasteiger partial charge in [-0.1, -0.05) is 73.4 Å². The average molecular weight is 1870 g/mol. The zero-order chi connectivity index (χ0) is 94.9. The lowest BCUT2D eigenvalue weighted by Gasteiger charge is -2.44. The summed E-state index contributed by atoms with van der Waals surface area (Å²) in [4.78, 5) is 180. The number of phenols is 3. The van der Waals surface area contributed by atoms with Crippen LogP contribution in [0.5, 0.6) is 46.0 Å². The van der Waals surface area contributed by atoms with E-state index in [0.29, 0.717) is 6.42 Å². The van der Waals surface area contributed by atoms with E-state index in [4.69, 9.17) is 68.8 Å². The number of aromatic amines is 2. The molecule has 0 aliphatic carbocycles. The molecule has 8 aliphatic heterocycles. The Hall–Kier alpha value is -12.7. The highest BCUT2D eigenvalue weighted by molar-refractivity contribution is 6.32. The SMILES string of the molecule is CN[C@H](CC(C)C)C(=O)N[C@H]1C(=O)N[C@@H](CC(N)=O)C(=O)N[C@H]2C(=O)N[C@H]3C(=O)N[C@H](C(=O)N[C@@H](C(=O)NC(=O)[C@H](Cc4c[nH]cn4)NC(=O)[C@@H]4CCCN4C(=O)[C@@H](N)Cc4c[nH]c5ccccc45)c4cc(O)cc(O)c4-c4cc3ccc4O)[C@H](O[C@H]3C[C@](C)(N)[C@@H](O)[C@H](C)O3)c3ccc(c(Cl)c3)Oc3cc2cc(c3OC2O[C@H](CO)[C@@H](O)[C@H](O)[C@H]2O)Oc2ccc(cc2Cl)[C@H]1O. The molecule has 2 aromatic heterocycles. The number of carbonyl (C=O) groups is 11. The highest BCUT2D eigenvalue weighted by atomic mass is 35.5. The third kappa shape index (κ3) is 20.5. The lowest BCUT2D eigenvalue weighted by Crippen LogP contribution is -2.61. The molecule has 21 atom stereocenters. The second kappa shape index (κ2) is 39.8. The van der Waals surface area contributed by atoms with Gasteiger partial charge in [-0.2, -0.15) is 0 Å². The first-order valence-electron chi connectivity index (χ1n) is 42.2. The molecular formula is C88H100Cl2N16O26. The molecule has 8 aliphatic rings. The van der Waals surface area contributed by atoms with Crippen LogP contribution in [0.15, 0.2) is 122 Å². The van der Waals surface area contributed by atoms with Gasteiger partial charge in [0, 0.05) is 65.4 Å². The smallest absolute Gasteiger partial charge is 0.253 e. The number of nitrogens with two attached hydrogens (primary N) is 3. The number of aromatic nitrogens is 3. The highest BCUT2D eigenvalue weighted by Crippen LogP contribution is 2.50. The normalized spacial score (nSPS) is 26.9. The molecule has 44 heteroatoms. The number of nitrogens with one attached hydrogen (secondary N) is 11. The molecule has 6 aromatic carbocycles. The molecule has 16 rings (SSSR count). The summed E-state index contributed by atoms with van der Waals surface area (Å²) in [7, 11) is 1.46. The fourth-order valence-corrected chi connectivity index (χ4v) is 17.5. The van der Waals surface area contributed by atoms with Crippen molar-refractivity contribution in [2.45, 2.75) is 200 Å². The number of imidazole rings is 1. The first-order chi connectivity index (χ1) is 62.8. The quantitative estimate of drug-likeness (QED) is 0.0455. The third-order valence-corrected chi connectivity index (χ3v) is 24.5. The number of likely N-dealkylation sites (tertiary alicyclic amines) is 1. The average Bonchev–Trinajstić information content (AvgIpc) is 0.827. The lowest BCUT2D eigenvalue weighted by molar-refractivity contribution is -0.277. The first-order valence-corrected chi connectivity index (χ1v) is 43.0. The van der Waals surface area contributed by atoms with Crippen LogP contribution in [0.1, 0.15) is 129 Å². The van der Waals surface area contributed by atoms with Gasteiger partial charge in [-0.3, -0.25) is 58.1 Å². The molecule has 26 N–H and O–H groups in total. The molecular weight excluding hydrogens is 1770 g/mol. The third-order valence-electron chi connectivity index (χ3n) is 23.9. The predicted octanol–water partition coefficient (Wildman–Crippen LogP) is 0.157. The number of hydrogen-bond acceptors (Lipinski definition) is 30. The number of primary amides is 1. The Bertz CT molecular complexity index is 5770. The molecule has 3 saturated heterocycles. The molecule has 11 amide bonds. The number of aliphatic hydroxyl groups is 6. The Labute approximate surface area is 761 Å². The molecule has 702 valence electrons. The van der Waals surface area contributed by atoms with Gasteiger partial charge in [-0.25, -0.2) is 4.98 Å². The first kappa shape index (κ1) is 95.4. The molecule has 0 radical (unpaired) electrons. The van der Waals surface area contributed by atoms with E-state index in [2.05, 4.69) is 62.8 Å². The molecule has 3 fully saturated rings. The summed E-state index contributed by atoms with van der Waals surface area (Å²) in [6, 6.07) is 1.90. The van der Waals surface area contributed by atoms with Crippen LogP contribution in [-0.2, 0) is 79.8 Å². The van der Waals surface area contributed by atoms with Crippen LogP contribution in [0.2, 0.25) is 10.0 Å².